The first-order valence-corrected chi connectivity index (χ1v) is 10.3. The Morgan fingerprint density at radius 3 is 2.33 bits per heavy atom. The fraction of sp³-hybridized carbons (Fsp3) is 0.238. The van der Waals surface area contributed by atoms with Crippen LogP contribution in [-0.2, 0) is 16.4 Å². The third-order valence-electron chi connectivity index (χ3n) is 4.31. The molecule has 0 atom stereocenters. The van der Waals surface area contributed by atoms with Gasteiger partial charge in [-0.25, -0.2) is 13.1 Å². The molecule has 0 saturated carbocycles. The van der Waals surface area contributed by atoms with Gasteiger partial charge in [0.05, 0.1) is 18.6 Å². The molecule has 27 heavy (non-hydrogen) atoms. The van der Waals surface area contributed by atoms with Crippen LogP contribution >= 0.6 is 0 Å². The molecule has 0 spiro atoms. The first-order valence-electron chi connectivity index (χ1n) is 8.83. The van der Waals surface area contributed by atoms with Crippen molar-refractivity contribution in [2.75, 3.05) is 20.3 Å². The lowest BCUT2D eigenvalue weighted by Crippen LogP contribution is -2.26. The highest BCUT2D eigenvalue weighted by atomic mass is 32.2. The smallest absolute Gasteiger partial charge is 0.241 e. The maximum atomic E-state index is 12.9. The molecule has 142 valence electrons. The third kappa shape index (κ3) is 4.23. The Hall–Kier alpha value is -2.57. The molecule has 3 rings (SSSR count). The van der Waals surface area contributed by atoms with Gasteiger partial charge in [-0.05, 0) is 37.1 Å². The second kappa shape index (κ2) is 8.41. The van der Waals surface area contributed by atoms with E-state index in [4.69, 9.17) is 9.47 Å². The van der Waals surface area contributed by atoms with Crippen molar-refractivity contribution in [1.29, 1.82) is 0 Å². The zero-order chi connectivity index (χ0) is 19.3. The second-order valence-corrected chi connectivity index (χ2v) is 7.74. The third-order valence-corrected chi connectivity index (χ3v) is 5.83. The zero-order valence-corrected chi connectivity index (χ0v) is 16.3. The minimum atomic E-state index is -3.65. The first kappa shape index (κ1) is 19.2. The van der Waals surface area contributed by atoms with E-state index in [2.05, 4.69) is 4.72 Å². The number of fused-ring (bicyclic) bond motifs is 1. The zero-order valence-electron chi connectivity index (χ0n) is 15.4. The Kier molecular flexibility index (Phi) is 5.98. The van der Waals surface area contributed by atoms with Gasteiger partial charge < -0.3 is 9.47 Å². The summed E-state index contributed by atoms with van der Waals surface area (Å²) in [5, 5.41) is 1.43. The van der Waals surface area contributed by atoms with Crippen LogP contribution in [0.2, 0.25) is 0 Å². The summed E-state index contributed by atoms with van der Waals surface area (Å²) in [6.45, 7) is 2.70. The van der Waals surface area contributed by atoms with Crippen LogP contribution in [0, 0.1) is 0 Å². The molecule has 0 aliphatic carbocycles. The first-order chi connectivity index (χ1) is 13.1. The molecule has 0 amide bonds. The summed E-state index contributed by atoms with van der Waals surface area (Å²) < 4.78 is 39.4. The van der Waals surface area contributed by atoms with Crippen molar-refractivity contribution in [3.63, 3.8) is 0 Å². The molecule has 3 aromatic rings. The molecule has 0 aliphatic heterocycles. The van der Waals surface area contributed by atoms with Crippen molar-refractivity contribution in [2.45, 2.75) is 18.2 Å². The number of para-hydroxylation sites is 1. The molecule has 5 nitrogen and oxygen atoms in total. The number of nitrogens with one attached hydrogen (secondary N) is 1. The lowest BCUT2D eigenvalue weighted by atomic mass is 10.1. The number of hydrogen-bond acceptors (Lipinski definition) is 4. The summed E-state index contributed by atoms with van der Waals surface area (Å²) in [5.41, 5.74) is 0.958. The van der Waals surface area contributed by atoms with E-state index >= 15 is 0 Å². The Morgan fingerprint density at radius 2 is 1.59 bits per heavy atom. The van der Waals surface area contributed by atoms with Crippen molar-refractivity contribution in [1.82, 2.24) is 4.72 Å². The Bertz CT molecular complexity index is 1030. The molecule has 0 aromatic heterocycles. The summed E-state index contributed by atoms with van der Waals surface area (Å²) in [4.78, 5) is 0.251. The van der Waals surface area contributed by atoms with Crippen molar-refractivity contribution in [2.24, 2.45) is 0 Å². The molecule has 0 saturated heterocycles. The van der Waals surface area contributed by atoms with Gasteiger partial charge in [-0.15, -0.1) is 0 Å². The largest absolute Gasteiger partial charge is 0.496 e. The molecular formula is C21H23NO4S. The Morgan fingerprint density at radius 1 is 0.889 bits per heavy atom. The van der Waals surface area contributed by atoms with Gasteiger partial charge in [-0.1, -0.05) is 42.5 Å². The van der Waals surface area contributed by atoms with E-state index in [1.54, 1.807) is 25.3 Å². The lowest BCUT2D eigenvalue weighted by Gasteiger charge is -2.13. The van der Waals surface area contributed by atoms with E-state index in [-0.39, 0.29) is 11.4 Å². The molecule has 0 fully saturated rings. The minimum Gasteiger partial charge on any atom is -0.496 e. The van der Waals surface area contributed by atoms with Gasteiger partial charge in [0.1, 0.15) is 11.5 Å². The summed E-state index contributed by atoms with van der Waals surface area (Å²) in [6, 6.07) is 18.3. The maximum Gasteiger partial charge on any atom is 0.241 e. The Balaban J connectivity index is 1.84. The van der Waals surface area contributed by atoms with E-state index in [9.17, 15) is 8.42 Å². The number of sulfonamides is 1. The van der Waals surface area contributed by atoms with Crippen LogP contribution in [0.4, 0.5) is 0 Å². The molecule has 1 N–H and O–H groups in total. The fourth-order valence-corrected chi connectivity index (χ4v) is 4.31. The molecule has 0 heterocycles. The molecule has 0 unspecified atom stereocenters. The molecular weight excluding hydrogens is 362 g/mol. The number of ether oxygens (including phenoxy) is 2. The van der Waals surface area contributed by atoms with Gasteiger partial charge in [0.2, 0.25) is 10.0 Å². The highest BCUT2D eigenvalue weighted by molar-refractivity contribution is 7.89. The van der Waals surface area contributed by atoms with Gasteiger partial charge in [0, 0.05) is 17.3 Å². The average Bonchev–Trinajstić information content (AvgIpc) is 2.68. The molecule has 0 bridgehead atoms. The van der Waals surface area contributed by atoms with Crippen molar-refractivity contribution in [3.05, 3.63) is 66.2 Å². The van der Waals surface area contributed by atoms with E-state index in [0.29, 0.717) is 24.2 Å². The number of rotatable bonds is 8. The monoisotopic (exact) mass is 385 g/mol. The van der Waals surface area contributed by atoms with Gasteiger partial charge in [-0.2, -0.15) is 0 Å². The number of benzene rings is 3. The van der Waals surface area contributed by atoms with Crippen molar-refractivity contribution in [3.8, 4) is 11.5 Å². The van der Waals surface area contributed by atoms with Crippen LogP contribution in [0.15, 0.2) is 65.6 Å². The summed E-state index contributed by atoms with van der Waals surface area (Å²) in [7, 11) is -2.05. The molecule has 0 radical (unpaired) electrons. The van der Waals surface area contributed by atoms with Crippen molar-refractivity contribution < 1.29 is 17.9 Å². The molecule has 0 aliphatic rings. The predicted octanol–water partition coefficient (Wildman–Crippen LogP) is 3.77. The van der Waals surface area contributed by atoms with Gasteiger partial charge in [-0.3, -0.25) is 0 Å². The van der Waals surface area contributed by atoms with Gasteiger partial charge >= 0.3 is 0 Å². The minimum absolute atomic E-state index is 0.251. The van der Waals surface area contributed by atoms with Gasteiger partial charge in [0.15, 0.2) is 0 Å². The topological polar surface area (TPSA) is 64.6 Å². The van der Waals surface area contributed by atoms with Crippen LogP contribution < -0.4 is 14.2 Å². The van der Waals surface area contributed by atoms with Crippen molar-refractivity contribution >= 4 is 20.8 Å². The average molecular weight is 385 g/mol. The number of methoxy groups -OCH3 is 1. The highest BCUT2D eigenvalue weighted by Gasteiger charge is 2.18. The normalized spacial score (nSPS) is 11.5. The number of hydrogen-bond donors (Lipinski definition) is 1. The summed E-state index contributed by atoms with van der Waals surface area (Å²) in [6.07, 6.45) is 0.540. The molecule has 6 heteroatoms. The van der Waals surface area contributed by atoms with Crippen LogP contribution in [-0.4, -0.2) is 28.7 Å². The standard InChI is InChI=1S/C21H23NO4S/c1-3-26-20-12-13-21(18-10-6-5-9-17(18)20)27(23,24)22-15-14-16-8-4-7-11-19(16)25-2/h4-13,22H,3,14-15H2,1-2H3. The van der Waals surface area contributed by atoms with E-state index in [1.165, 1.54) is 0 Å². The second-order valence-electron chi connectivity index (χ2n) is 6.00. The maximum absolute atomic E-state index is 12.9. The van der Waals surface area contributed by atoms with Gasteiger partial charge in [0.25, 0.3) is 0 Å². The lowest BCUT2D eigenvalue weighted by molar-refractivity contribution is 0.344. The van der Waals surface area contributed by atoms with E-state index in [0.717, 1.165) is 16.7 Å². The predicted molar refractivity (Wildman–Crippen MR) is 107 cm³/mol. The van der Waals surface area contributed by atoms with E-state index in [1.807, 2.05) is 49.4 Å². The summed E-state index contributed by atoms with van der Waals surface area (Å²) in [5.74, 6) is 1.43. The SMILES string of the molecule is CCOc1ccc(S(=O)(=O)NCCc2ccccc2OC)c2ccccc12. The Labute approximate surface area is 160 Å². The van der Waals surface area contributed by atoms with Crippen LogP contribution in [0.3, 0.4) is 0 Å². The van der Waals surface area contributed by atoms with Crippen LogP contribution in [0.1, 0.15) is 12.5 Å². The van der Waals surface area contributed by atoms with Crippen LogP contribution in [0.5, 0.6) is 11.5 Å². The highest BCUT2D eigenvalue weighted by Crippen LogP contribution is 2.31. The molecule has 3 aromatic carbocycles. The quantitative estimate of drug-likeness (QED) is 0.641. The van der Waals surface area contributed by atoms with E-state index < -0.39 is 10.0 Å². The summed E-state index contributed by atoms with van der Waals surface area (Å²) >= 11 is 0. The fourth-order valence-electron chi connectivity index (χ4n) is 3.07. The van der Waals surface area contributed by atoms with Crippen LogP contribution in [0.25, 0.3) is 10.8 Å².